The van der Waals surface area contributed by atoms with Crippen LogP contribution in [0, 0.1) is 5.92 Å². The fourth-order valence-corrected chi connectivity index (χ4v) is 4.08. The van der Waals surface area contributed by atoms with Gasteiger partial charge in [0.25, 0.3) is 0 Å². The highest BCUT2D eigenvalue weighted by Crippen LogP contribution is 2.24. The van der Waals surface area contributed by atoms with Crippen LogP contribution in [0.25, 0.3) is 0 Å². The van der Waals surface area contributed by atoms with Crippen LogP contribution in [0.15, 0.2) is 24.3 Å². The van der Waals surface area contributed by atoms with Crippen LogP contribution in [0.2, 0.25) is 0 Å². The molecule has 34 heavy (non-hydrogen) atoms. The molecule has 2 atom stereocenters. The van der Waals surface area contributed by atoms with E-state index in [0.29, 0.717) is 13.1 Å². The van der Waals surface area contributed by atoms with Gasteiger partial charge in [0, 0.05) is 25.6 Å². The average molecular weight is 479 g/mol. The van der Waals surface area contributed by atoms with Gasteiger partial charge in [-0.1, -0.05) is 90.0 Å². The van der Waals surface area contributed by atoms with Gasteiger partial charge in [0.05, 0.1) is 0 Å². The van der Waals surface area contributed by atoms with E-state index in [9.17, 15) is 9.59 Å². The molecule has 5 heteroatoms. The first-order valence-electron chi connectivity index (χ1n) is 14.1. The molecule has 0 saturated carbocycles. The number of nitrogens with one attached hydrogen (secondary N) is 1. The monoisotopic (exact) mass is 478 g/mol. The van der Waals surface area contributed by atoms with Crippen molar-refractivity contribution in [1.29, 1.82) is 0 Å². The normalized spacial score (nSPS) is 13.4. The molecule has 0 heterocycles. The first-order chi connectivity index (χ1) is 16.6. The van der Waals surface area contributed by atoms with E-state index in [1.807, 2.05) is 13.8 Å². The maximum atomic E-state index is 12.7. The second kappa shape index (κ2) is 24.5. The van der Waals surface area contributed by atoms with E-state index in [1.165, 1.54) is 25.7 Å². The summed E-state index contributed by atoms with van der Waals surface area (Å²) < 4.78 is 5.74. The van der Waals surface area contributed by atoms with Gasteiger partial charge in [0.15, 0.2) is 12.4 Å². The molecule has 0 aromatic carbocycles. The molecule has 0 fully saturated rings. The molecule has 0 aromatic rings. The number of ether oxygens (including phenoxy) is 1. The number of hydrogen-bond acceptors (Lipinski definition) is 4. The Morgan fingerprint density at radius 1 is 0.882 bits per heavy atom. The molecule has 0 saturated heterocycles. The van der Waals surface area contributed by atoms with Gasteiger partial charge in [-0.05, 0) is 52.0 Å². The van der Waals surface area contributed by atoms with E-state index in [-0.39, 0.29) is 12.0 Å². The summed E-state index contributed by atoms with van der Waals surface area (Å²) in [6.07, 6.45) is 23.3. The molecule has 0 rings (SSSR count). The first kappa shape index (κ1) is 32.4. The Labute approximate surface area is 210 Å². The third-order valence-corrected chi connectivity index (χ3v) is 6.25. The van der Waals surface area contributed by atoms with Gasteiger partial charge in [-0.25, -0.2) is 4.79 Å². The molecular weight excluding hydrogens is 424 g/mol. The van der Waals surface area contributed by atoms with E-state index < -0.39 is 6.10 Å². The van der Waals surface area contributed by atoms with Crippen LogP contribution in [0.3, 0.4) is 0 Å². The summed E-state index contributed by atoms with van der Waals surface area (Å²) in [6.45, 7) is 11.1. The van der Waals surface area contributed by atoms with E-state index >= 15 is 0 Å². The van der Waals surface area contributed by atoms with E-state index in [4.69, 9.17) is 4.74 Å². The Kier molecular flexibility index (Phi) is 23.3. The van der Waals surface area contributed by atoms with E-state index in [0.717, 1.165) is 77.2 Å². The van der Waals surface area contributed by atoms with Crippen molar-refractivity contribution in [3.63, 3.8) is 0 Å². The minimum absolute atomic E-state index is 0.116. The Bertz CT molecular complexity index is 533. The predicted molar refractivity (Wildman–Crippen MR) is 145 cm³/mol. The lowest BCUT2D eigenvalue weighted by Crippen LogP contribution is -2.40. The van der Waals surface area contributed by atoms with Crippen LogP contribution in [0.5, 0.6) is 0 Å². The van der Waals surface area contributed by atoms with E-state index in [2.05, 4.69) is 43.5 Å². The van der Waals surface area contributed by atoms with Gasteiger partial charge in [-0.2, -0.15) is 0 Å². The SMILES string of the molecule is CC/C=C/C/C=C/CCCCCC(CCCCCCC)C(C=O)OC(=O)N(CC)CCNCC. The molecule has 0 spiro atoms. The molecule has 1 amide bonds. The van der Waals surface area contributed by atoms with Crippen molar-refractivity contribution in [3.8, 4) is 0 Å². The predicted octanol–water partition coefficient (Wildman–Crippen LogP) is 7.46. The van der Waals surface area contributed by atoms with Crippen molar-refractivity contribution in [1.82, 2.24) is 10.2 Å². The molecule has 2 unspecified atom stereocenters. The third-order valence-electron chi connectivity index (χ3n) is 6.25. The van der Waals surface area contributed by atoms with Crippen molar-refractivity contribution in [2.75, 3.05) is 26.2 Å². The van der Waals surface area contributed by atoms with Crippen LogP contribution in [-0.4, -0.2) is 49.6 Å². The van der Waals surface area contributed by atoms with E-state index in [1.54, 1.807) is 4.90 Å². The molecule has 0 bridgehead atoms. The van der Waals surface area contributed by atoms with Crippen LogP contribution in [0.1, 0.15) is 111 Å². The number of likely N-dealkylation sites (N-methyl/N-ethyl adjacent to an activating group) is 2. The van der Waals surface area contributed by atoms with Gasteiger partial charge in [-0.15, -0.1) is 0 Å². The number of unbranched alkanes of at least 4 members (excludes halogenated alkanes) is 7. The molecular formula is C29H54N2O3. The average Bonchev–Trinajstić information content (AvgIpc) is 2.85. The summed E-state index contributed by atoms with van der Waals surface area (Å²) in [6, 6.07) is 0. The Morgan fingerprint density at radius 3 is 2.18 bits per heavy atom. The highest BCUT2D eigenvalue weighted by molar-refractivity contribution is 5.71. The highest BCUT2D eigenvalue weighted by Gasteiger charge is 2.26. The summed E-state index contributed by atoms with van der Waals surface area (Å²) in [5.41, 5.74) is 0. The zero-order valence-electron chi connectivity index (χ0n) is 22.7. The Hall–Kier alpha value is -1.62. The van der Waals surface area contributed by atoms with Gasteiger partial charge in [0.1, 0.15) is 0 Å². The molecule has 0 radical (unpaired) electrons. The number of carbonyl (C=O) groups excluding carboxylic acids is 2. The number of amides is 1. The fourth-order valence-electron chi connectivity index (χ4n) is 4.08. The van der Waals surface area contributed by atoms with Gasteiger partial charge >= 0.3 is 6.09 Å². The van der Waals surface area contributed by atoms with Crippen molar-refractivity contribution >= 4 is 12.4 Å². The first-order valence-corrected chi connectivity index (χ1v) is 14.1. The standard InChI is InChI=1S/C29H54N2O3/c1-5-9-11-13-14-15-16-17-19-21-23-27(22-20-18-12-10-6-2)28(26-32)34-29(33)31(8-4)25-24-30-7-3/h9,11,14-15,26-28,30H,5-8,10,12-13,16-25H2,1-4H3/b11-9+,15-14+. The summed E-state index contributed by atoms with van der Waals surface area (Å²) >= 11 is 0. The molecule has 0 aliphatic heterocycles. The van der Waals surface area contributed by atoms with Gasteiger partial charge in [-0.3, -0.25) is 4.79 Å². The Balaban J connectivity index is 4.68. The van der Waals surface area contributed by atoms with Crippen molar-refractivity contribution in [2.24, 2.45) is 5.92 Å². The summed E-state index contributed by atoms with van der Waals surface area (Å²) in [5.74, 6) is 0.116. The van der Waals surface area contributed by atoms with Crippen LogP contribution < -0.4 is 5.32 Å². The minimum Gasteiger partial charge on any atom is -0.438 e. The van der Waals surface area contributed by atoms with Crippen LogP contribution >= 0.6 is 0 Å². The van der Waals surface area contributed by atoms with Crippen molar-refractivity contribution in [2.45, 2.75) is 117 Å². The molecule has 0 aliphatic rings. The number of allylic oxidation sites excluding steroid dienone is 4. The fraction of sp³-hybridized carbons (Fsp3) is 0.793. The Morgan fingerprint density at radius 2 is 1.56 bits per heavy atom. The molecule has 198 valence electrons. The van der Waals surface area contributed by atoms with Crippen LogP contribution in [0.4, 0.5) is 4.79 Å². The minimum atomic E-state index is -0.642. The summed E-state index contributed by atoms with van der Waals surface area (Å²) in [5, 5.41) is 3.24. The third kappa shape index (κ3) is 17.8. The molecule has 0 aromatic heterocycles. The zero-order chi connectivity index (χ0) is 25.3. The smallest absolute Gasteiger partial charge is 0.410 e. The molecule has 1 N–H and O–H groups in total. The summed E-state index contributed by atoms with van der Waals surface area (Å²) in [4.78, 5) is 26.3. The van der Waals surface area contributed by atoms with Crippen molar-refractivity contribution in [3.05, 3.63) is 24.3 Å². The second-order valence-electron chi connectivity index (χ2n) is 9.11. The lowest BCUT2D eigenvalue weighted by molar-refractivity contribution is -0.118. The molecule has 0 aliphatic carbocycles. The lowest BCUT2D eigenvalue weighted by Gasteiger charge is -2.27. The quantitative estimate of drug-likeness (QED) is 0.0940. The number of carbonyl (C=O) groups is 2. The van der Waals surface area contributed by atoms with Crippen molar-refractivity contribution < 1.29 is 14.3 Å². The summed E-state index contributed by atoms with van der Waals surface area (Å²) in [7, 11) is 0. The number of hydrogen-bond donors (Lipinski definition) is 1. The molecule has 5 nitrogen and oxygen atoms in total. The highest BCUT2D eigenvalue weighted by atomic mass is 16.6. The van der Waals surface area contributed by atoms with Gasteiger partial charge in [0.2, 0.25) is 0 Å². The maximum absolute atomic E-state index is 12.7. The maximum Gasteiger partial charge on any atom is 0.410 e. The lowest BCUT2D eigenvalue weighted by atomic mass is 9.90. The largest absolute Gasteiger partial charge is 0.438 e. The number of aldehydes is 1. The number of nitrogens with zero attached hydrogens (tertiary/aromatic N) is 1. The number of rotatable bonds is 23. The van der Waals surface area contributed by atoms with Gasteiger partial charge < -0.3 is 15.0 Å². The topological polar surface area (TPSA) is 58.6 Å². The zero-order valence-corrected chi connectivity index (χ0v) is 22.7. The second-order valence-corrected chi connectivity index (χ2v) is 9.11. The van der Waals surface area contributed by atoms with Crippen LogP contribution in [-0.2, 0) is 9.53 Å².